The predicted molar refractivity (Wildman–Crippen MR) is 71.8 cm³/mol. The van der Waals surface area contributed by atoms with Gasteiger partial charge in [-0.2, -0.15) is 0 Å². The molecule has 0 spiro atoms. The average molecular weight is 297 g/mol. The van der Waals surface area contributed by atoms with Crippen molar-refractivity contribution in [2.75, 3.05) is 13.1 Å². The highest BCUT2D eigenvalue weighted by Gasteiger charge is 2.54. The largest absolute Gasteiger partial charge is 0.316 e. The van der Waals surface area contributed by atoms with Gasteiger partial charge in [-0.15, -0.1) is 0 Å². The van der Waals surface area contributed by atoms with Crippen molar-refractivity contribution >= 4 is 15.7 Å². The van der Waals surface area contributed by atoms with Crippen molar-refractivity contribution in [3.8, 4) is 0 Å². The molecule has 1 saturated carbocycles. The normalized spacial score (nSPS) is 28.1. The number of hydrogen-bond acceptors (Lipinski definition) is 5. The van der Waals surface area contributed by atoms with E-state index in [1.807, 2.05) is 0 Å². The topological polar surface area (TPSA) is 101 Å². The van der Waals surface area contributed by atoms with Gasteiger partial charge >= 0.3 is 0 Å². The number of nitro benzene ring substituents is 1. The summed E-state index contributed by atoms with van der Waals surface area (Å²) in [4.78, 5) is 10.2. The molecular weight excluding hydrogens is 282 g/mol. The monoisotopic (exact) mass is 297 g/mol. The standard InChI is InChI=1S/C12H15N3O4S/c1-7-4-8(15(16)17)2-3-11(7)20(18,19)14-12-9-5-13-6-10(9)12/h2-4,9-10,12-14H,5-6H2,1H3. The Morgan fingerprint density at radius 2 is 2.00 bits per heavy atom. The van der Waals surface area contributed by atoms with Crippen LogP contribution >= 0.6 is 0 Å². The maximum Gasteiger partial charge on any atom is 0.269 e. The van der Waals surface area contributed by atoms with Crippen molar-refractivity contribution in [1.82, 2.24) is 10.0 Å². The molecule has 0 amide bonds. The van der Waals surface area contributed by atoms with Crippen LogP contribution in [0.2, 0.25) is 0 Å². The summed E-state index contributed by atoms with van der Waals surface area (Å²) in [6.07, 6.45) is 0. The molecule has 2 atom stereocenters. The zero-order valence-corrected chi connectivity index (χ0v) is 11.7. The first-order valence-electron chi connectivity index (χ1n) is 6.38. The molecule has 0 radical (unpaired) electrons. The number of fused-ring (bicyclic) bond motifs is 1. The summed E-state index contributed by atoms with van der Waals surface area (Å²) in [6, 6.07) is 3.79. The van der Waals surface area contributed by atoms with E-state index in [2.05, 4.69) is 10.0 Å². The zero-order chi connectivity index (χ0) is 14.5. The van der Waals surface area contributed by atoms with Crippen molar-refractivity contribution in [3.05, 3.63) is 33.9 Å². The third-order valence-electron chi connectivity index (χ3n) is 4.04. The molecule has 0 bridgehead atoms. The fourth-order valence-corrected chi connectivity index (χ4v) is 4.45. The highest BCUT2D eigenvalue weighted by Crippen LogP contribution is 2.42. The second-order valence-corrected chi connectivity index (χ2v) is 7.02. The zero-order valence-electron chi connectivity index (χ0n) is 10.9. The summed E-state index contributed by atoms with van der Waals surface area (Å²) < 4.78 is 27.3. The Hall–Kier alpha value is -1.51. The van der Waals surface area contributed by atoms with Crippen molar-refractivity contribution in [2.24, 2.45) is 11.8 Å². The van der Waals surface area contributed by atoms with E-state index in [0.717, 1.165) is 13.1 Å². The number of nitrogens with one attached hydrogen (secondary N) is 2. The van der Waals surface area contributed by atoms with Gasteiger partial charge in [0, 0.05) is 18.2 Å². The van der Waals surface area contributed by atoms with Crippen LogP contribution in [-0.4, -0.2) is 32.5 Å². The molecule has 2 unspecified atom stereocenters. The van der Waals surface area contributed by atoms with E-state index in [-0.39, 0.29) is 16.6 Å². The molecule has 1 saturated heterocycles. The van der Waals surface area contributed by atoms with Crippen molar-refractivity contribution in [1.29, 1.82) is 0 Å². The Balaban J connectivity index is 1.82. The van der Waals surface area contributed by atoms with E-state index in [0.29, 0.717) is 17.4 Å². The molecule has 2 N–H and O–H groups in total. The third-order valence-corrected chi connectivity index (χ3v) is 5.66. The van der Waals surface area contributed by atoms with Gasteiger partial charge in [0.05, 0.1) is 9.82 Å². The second-order valence-electron chi connectivity index (χ2n) is 5.34. The van der Waals surface area contributed by atoms with E-state index >= 15 is 0 Å². The maximum atomic E-state index is 12.3. The number of hydrogen-bond donors (Lipinski definition) is 2. The van der Waals surface area contributed by atoms with Crippen LogP contribution in [0.25, 0.3) is 0 Å². The molecule has 1 aromatic carbocycles. The summed E-state index contributed by atoms with van der Waals surface area (Å²) >= 11 is 0. The molecule has 1 aliphatic carbocycles. The number of nitro groups is 1. The highest BCUT2D eigenvalue weighted by molar-refractivity contribution is 7.89. The first-order valence-corrected chi connectivity index (χ1v) is 7.86. The Morgan fingerprint density at radius 3 is 2.55 bits per heavy atom. The van der Waals surface area contributed by atoms with Gasteiger partial charge < -0.3 is 5.32 Å². The van der Waals surface area contributed by atoms with Gasteiger partial charge in [0.2, 0.25) is 10.0 Å². The number of sulfonamides is 1. The Labute approximate surface area is 116 Å². The average Bonchev–Trinajstić information content (AvgIpc) is 2.82. The van der Waals surface area contributed by atoms with Crippen molar-refractivity contribution in [2.45, 2.75) is 17.9 Å². The lowest BCUT2D eigenvalue weighted by Gasteiger charge is -2.10. The smallest absolute Gasteiger partial charge is 0.269 e. The minimum atomic E-state index is -3.61. The molecule has 1 aliphatic heterocycles. The van der Waals surface area contributed by atoms with Crippen LogP contribution in [0.15, 0.2) is 23.1 Å². The quantitative estimate of drug-likeness (QED) is 0.619. The first-order chi connectivity index (χ1) is 9.40. The summed E-state index contributed by atoms with van der Waals surface area (Å²) in [7, 11) is -3.61. The van der Waals surface area contributed by atoms with Gasteiger partial charge in [0.1, 0.15) is 0 Å². The third kappa shape index (κ3) is 2.19. The molecule has 8 heteroatoms. The van der Waals surface area contributed by atoms with Crippen LogP contribution in [0, 0.1) is 28.9 Å². The van der Waals surface area contributed by atoms with Crippen LogP contribution in [0.5, 0.6) is 0 Å². The molecule has 1 heterocycles. The van der Waals surface area contributed by atoms with Gasteiger partial charge in [0.25, 0.3) is 5.69 Å². The Bertz CT molecular complexity index is 663. The van der Waals surface area contributed by atoms with Crippen LogP contribution < -0.4 is 10.0 Å². The SMILES string of the molecule is Cc1cc([N+](=O)[O-])ccc1S(=O)(=O)NC1C2CNCC21. The Morgan fingerprint density at radius 1 is 1.35 bits per heavy atom. The van der Waals surface area contributed by atoms with Gasteiger partial charge in [-0.25, -0.2) is 13.1 Å². The maximum absolute atomic E-state index is 12.3. The van der Waals surface area contributed by atoms with Crippen LogP contribution in [-0.2, 0) is 10.0 Å². The molecular formula is C12H15N3O4S. The molecule has 3 rings (SSSR count). The summed E-state index contributed by atoms with van der Waals surface area (Å²) in [5, 5.41) is 13.9. The van der Waals surface area contributed by atoms with Gasteiger partial charge in [-0.3, -0.25) is 10.1 Å². The fourth-order valence-electron chi connectivity index (χ4n) is 2.88. The Kier molecular flexibility index (Phi) is 3.03. The van der Waals surface area contributed by atoms with Crippen LogP contribution in [0.4, 0.5) is 5.69 Å². The predicted octanol–water partition coefficient (Wildman–Crippen LogP) is 0.399. The number of rotatable bonds is 4. The van der Waals surface area contributed by atoms with Crippen molar-refractivity contribution < 1.29 is 13.3 Å². The van der Waals surface area contributed by atoms with Crippen LogP contribution in [0.3, 0.4) is 0 Å². The molecule has 108 valence electrons. The summed E-state index contributed by atoms with van der Waals surface area (Å²) in [5.74, 6) is 0.756. The lowest BCUT2D eigenvalue weighted by atomic mass is 10.2. The lowest BCUT2D eigenvalue weighted by molar-refractivity contribution is -0.385. The number of benzene rings is 1. The van der Waals surface area contributed by atoms with E-state index in [9.17, 15) is 18.5 Å². The molecule has 20 heavy (non-hydrogen) atoms. The van der Waals surface area contributed by atoms with Crippen molar-refractivity contribution in [3.63, 3.8) is 0 Å². The minimum Gasteiger partial charge on any atom is -0.316 e. The molecule has 0 aromatic heterocycles. The molecule has 2 aliphatic rings. The number of piperidine rings is 1. The number of nitrogens with zero attached hydrogens (tertiary/aromatic N) is 1. The molecule has 1 aromatic rings. The van der Waals surface area contributed by atoms with E-state index < -0.39 is 14.9 Å². The fraction of sp³-hybridized carbons (Fsp3) is 0.500. The lowest BCUT2D eigenvalue weighted by Crippen LogP contribution is -2.32. The molecule has 2 fully saturated rings. The van der Waals surface area contributed by atoms with Gasteiger partial charge in [-0.1, -0.05) is 0 Å². The number of aryl methyl sites for hydroxylation is 1. The van der Waals surface area contributed by atoms with E-state index in [4.69, 9.17) is 0 Å². The number of non-ortho nitro benzene ring substituents is 1. The summed E-state index contributed by atoms with van der Waals surface area (Å²) in [6.45, 7) is 3.26. The van der Waals surface area contributed by atoms with Gasteiger partial charge in [-0.05, 0) is 43.5 Å². The highest BCUT2D eigenvalue weighted by atomic mass is 32.2. The summed E-state index contributed by atoms with van der Waals surface area (Å²) in [5.41, 5.74) is 0.282. The van der Waals surface area contributed by atoms with E-state index in [1.54, 1.807) is 6.92 Å². The van der Waals surface area contributed by atoms with Gasteiger partial charge in [0.15, 0.2) is 0 Å². The minimum absolute atomic E-state index is 0.00385. The van der Waals surface area contributed by atoms with E-state index in [1.165, 1.54) is 18.2 Å². The van der Waals surface area contributed by atoms with Crippen LogP contribution in [0.1, 0.15) is 5.56 Å². The molecule has 7 nitrogen and oxygen atoms in total. The first kappa shape index (κ1) is 13.5. The second kappa shape index (κ2) is 4.51.